The van der Waals surface area contributed by atoms with Gasteiger partial charge in [0.25, 0.3) is 0 Å². The van der Waals surface area contributed by atoms with E-state index >= 15 is 0 Å². The van der Waals surface area contributed by atoms with Crippen LogP contribution in [-0.2, 0) is 0 Å². The van der Waals surface area contributed by atoms with E-state index in [9.17, 15) is 9.50 Å². The van der Waals surface area contributed by atoms with Gasteiger partial charge in [0.05, 0.1) is 0 Å². The number of phenols is 1. The maximum atomic E-state index is 14.2. The first-order chi connectivity index (χ1) is 10.1. The number of benzene rings is 1. The van der Waals surface area contributed by atoms with Crippen LogP contribution in [0.25, 0.3) is 0 Å². The Morgan fingerprint density at radius 1 is 1.29 bits per heavy atom. The first-order valence-electron chi connectivity index (χ1n) is 8.08. The monoisotopic (exact) mass is 292 g/mol. The van der Waals surface area contributed by atoms with Crippen LogP contribution in [0.5, 0.6) is 5.75 Å². The largest absolute Gasteiger partial charge is 0.508 e. The Morgan fingerprint density at radius 2 is 2.05 bits per heavy atom. The van der Waals surface area contributed by atoms with Gasteiger partial charge in [0.1, 0.15) is 11.6 Å². The van der Waals surface area contributed by atoms with Crippen molar-refractivity contribution in [3.8, 4) is 5.75 Å². The maximum absolute atomic E-state index is 14.2. The summed E-state index contributed by atoms with van der Waals surface area (Å²) in [6.45, 7) is 5.03. The van der Waals surface area contributed by atoms with E-state index in [2.05, 4.69) is 17.1 Å². The number of hydrogen-bond acceptors (Lipinski definition) is 3. The quantitative estimate of drug-likeness (QED) is 0.878. The van der Waals surface area contributed by atoms with Crippen LogP contribution in [0.15, 0.2) is 18.2 Å². The zero-order valence-electron chi connectivity index (χ0n) is 12.7. The molecule has 3 rings (SSSR count). The van der Waals surface area contributed by atoms with Gasteiger partial charge in [-0.3, -0.25) is 4.90 Å². The molecule has 1 aliphatic carbocycles. The molecule has 21 heavy (non-hydrogen) atoms. The molecule has 1 heterocycles. The Labute approximate surface area is 126 Å². The zero-order chi connectivity index (χ0) is 14.9. The van der Waals surface area contributed by atoms with Gasteiger partial charge in [0.2, 0.25) is 0 Å². The van der Waals surface area contributed by atoms with E-state index in [0.717, 1.165) is 19.6 Å². The van der Waals surface area contributed by atoms with Crippen LogP contribution in [0, 0.1) is 5.82 Å². The first-order valence-corrected chi connectivity index (χ1v) is 8.08. The zero-order valence-corrected chi connectivity index (χ0v) is 12.7. The van der Waals surface area contributed by atoms with Crippen LogP contribution in [0.2, 0.25) is 0 Å². The third-order valence-electron chi connectivity index (χ3n) is 5.28. The van der Waals surface area contributed by atoms with Gasteiger partial charge in [-0.1, -0.05) is 25.3 Å². The van der Waals surface area contributed by atoms with Crippen LogP contribution in [0.3, 0.4) is 0 Å². The Hall–Kier alpha value is -1.13. The molecule has 3 nitrogen and oxygen atoms in total. The summed E-state index contributed by atoms with van der Waals surface area (Å²) < 4.78 is 14.2. The number of nitrogens with one attached hydrogen (secondary N) is 1. The summed E-state index contributed by atoms with van der Waals surface area (Å²) in [5, 5.41) is 12.9. The normalized spacial score (nSPS) is 24.1. The Kier molecular flexibility index (Phi) is 4.18. The van der Waals surface area contributed by atoms with Crippen LogP contribution < -0.4 is 5.32 Å². The van der Waals surface area contributed by atoms with E-state index in [1.54, 1.807) is 12.1 Å². The van der Waals surface area contributed by atoms with E-state index < -0.39 is 0 Å². The summed E-state index contributed by atoms with van der Waals surface area (Å²) in [7, 11) is 0. The Morgan fingerprint density at radius 3 is 2.76 bits per heavy atom. The molecule has 1 aliphatic heterocycles. The lowest BCUT2D eigenvalue weighted by Gasteiger charge is -2.52. The van der Waals surface area contributed by atoms with Crippen molar-refractivity contribution in [2.75, 3.05) is 19.6 Å². The van der Waals surface area contributed by atoms with Gasteiger partial charge >= 0.3 is 0 Å². The smallest absolute Gasteiger partial charge is 0.131 e. The molecule has 0 amide bonds. The first kappa shape index (κ1) is 14.8. The summed E-state index contributed by atoms with van der Waals surface area (Å²) in [6, 6.07) is 4.59. The average Bonchev–Trinajstić information content (AvgIpc) is 2.48. The summed E-state index contributed by atoms with van der Waals surface area (Å²) in [4.78, 5) is 2.50. The Bertz CT molecular complexity index is 491. The van der Waals surface area contributed by atoms with Crippen LogP contribution in [0.1, 0.15) is 50.6 Å². The lowest BCUT2D eigenvalue weighted by molar-refractivity contribution is -0.00374. The van der Waals surface area contributed by atoms with Gasteiger partial charge in [0.15, 0.2) is 0 Å². The summed E-state index contributed by atoms with van der Waals surface area (Å²) >= 11 is 0. The lowest BCUT2D eigenvalue weighted by Crippen LogP contribution is -2.62. The Balaban J connectivity index is 1.88. The van der Waals surface area contributed by atoms with Crippen molar-refractivity contribution in [1.29, 1.82) is 0 Å². The minimum atomic E-state index is -0.299. The molecule has 2 aliphatic rings. The molecular formula is C17H25FN2O. The predicted molar refractivity (Wildman–Crippen MR) is 81.9 cm³/mol. The second-order valence-corrected chi connectivity index (χ2v) is 6.54. The predicted octanol–water partition coefficient (Wildman–Crippen LogP) is 3.20. The molecule has 1 saturated carbocycles. The van der Waals surface area contributed by atoms with Gasteiger partial charge in [0, 0.05) is 42.8 Å². The molecule has 2 fully saturated rings. The van der Waals surface area contributed by atoms with E-state index in [4.69, 9.17) is 0 Å². The SMILES string of the molecule is CC(c1ccc(O)cc1F)N1CCNCC12CCCCC2. The van der Waals surface area contributed by atoms with Crippen molar-refractivity contribution >= 4 is 0 Å². The van der Waals surface area contributed by atoms with Crippen LogP contribution in [0.4, 0.5) is 4.39 Å². The molecule has 0 radical (unpaired) electrons. The molecule has 0 bridgehead atoms. The molecule has 1 spiro atoms. The second kappa shape index (κ2) is 5.93. The van der Waals surface area contributed by atoms with E-state index in [1.165, 1.54) is 38.2 Å². The van der Waals surface area contributed by atoms with Crippen molar-refractivity contribution < 1.29 is 9.50 Å². The number of phenolic OH excluding ortho intramolecular Hbond substituents is 1. The minimum absolute atomic E-state index is 0.00357. The lowest BCUT2D eigenvalue weighted by atomic mass is 9.78. The van der Waals surface area contributed by atoms with Crippen molar-refractivity contribution in [2.24, 2.45) is 0 Å². The maximum Gasteiger partial charge on any atom is 0.131 e. The standard InChI is InChI=1S/C17H25FN2O/c1-13(15-6-5-14(21)11-16(15)18)20-10-9-19-12-17(20)7-3-2-4-8-17/h5-6,11,13,19,21H,2-4,7-10,12H2,1H3. The van der Waals surface area contributed by atoms with Gasteiger partial charge in [-0.15, -0.1) is 0 Å². The van der Waals surface area contributed by atoms with Crippen LogP contribution >= 0.6 is 0 Å². The molecule has 1 aromatic carbocycles. The molecule has 1 aromatic rings. The molecule has 1 atom stereocenters. The molecular weight excluding hydrogens is 267 g/mol. The number of nitrogens with zero attached hydrogens (tertiary/aromatic N) is 1. The van der Waals surface area contributed by atoms with Crippen molar-refractivity contribution in [1.82, 2.24) is 10.2 Å². The van der Waals surface area contributed by atoms with E-state index in [0.29, 0.717) is 5.56 Å². The number of hydrogen-bond donors (Lipinski definition) is 2. The van der Waals surface area contributed by atoms with Crippen molar-refractivity contribution in [3.63, 3.8) is 0 Å². The number of rotatable bonds is 2. The fourth-order valence-corrected chi connectivity index (χ4v) is 4.16. The highest BCUT2D eigenvalue weighted by atomic mass is 19.1. The topological polar surface area (TPSA) is 35.5 Å². The highest BCUT2D eigenvalue weighted by Crippen LogP contribution is 2.40. The van der Waals surface area contributed by atoms with Crippen LogP contribution in [-0.4, -0.2) is 35.2 Å². The minimum Gasteiger partial charge on any atom is -0.508 e. The second-order valence-electron chi connectivity index (χ2n) is 6.54. The summed E-state index contributed by atoms with van der Waals surface area (Å²) in [5.74, 6) is -0.303. The van der Waals surface area contributed by atoms with Gasteiger partial charge < -0.3 is 10.4 Å². The third kappa shape index (κ3) is 2.79. The summed E-state index contributed by atoms with van der Waals surface area (Å²) in [5.41, 5.74) is 0.875. The highest BCUT2D eigenvalue weighted by molar-refractivity contribution is 5.30. The van der Waals surface area contributed by atoms with Crippen molar-refractivity contribution in [2.45, 2.75) is 50.6 Å². The van der Waals surface area contributed by atoms with Crippen molar-refractivity contribution in [3.05, 3.63) is 29.6 Å². The van der Waals surface area contributed by atoms with Gasteiger partial charge in [-0.25, -0.2) is 4.39 Å². The number of piperazine rings is 1. The molecule has 2 N–H and O–H groups in total. The molecule has 116 valence electrons. The molecule has 1 saturated heterocycles. The van der Waals surface area contributed by atoms with Gasteiger partial charge in [-0.05, 0) is 25.8 Å². The average molecular weight is 292 g/mol. The van der Waals surface area contributed by atoms with E-state index in [1.807, 2.05) is 0 Å². The fourth-order valence-electron chi connectivity index (χ4n) is 4.16. The van der Waals surface area contributed by atoms with E-state index in [-0.39, 0.29) is 23.1 Å². The molecule has 0 aromatic heterocycles. The fraction of sp³-hybridized carbons (Fsp3) is 0.647. The van der Waals surface area contributed by atoms with Gasteiger partial charge in [-0.2, -0.15) is 0 Å². The third-order valence-corrected chi connectivity index (χ3v) is 5.28. The highest BCUT2D eigenvalue weighted by Gasteiger charge is 2.42. The molecule has 1 unspecified atom stereocenters. The molecule has 4 heteroatoms. The number of halogens is 1. The summed E-state index contributed by atoms with van der Waals surface area (Å²) in [6.07, 6.45) is 6.25. The number of aromatic hydroxyl groups is 1.